The number of benzene rings is 2. The van der Waals surface area contributed by atoms with Gasteiger partial charge < -0.3 is 23.5 Å². The van der Waals surface area contributed by atoms with Gasteiger partial charge in [-0.1, -0.05) is 12.1 Å². The molecule has 0 radical (unpaired) electrons. The van der Waals surface area contributed by atoms with Gasteiger partial charge in [0.05, 0.1) is 0 Å². The van der Waals surface area contributed by atoms with Crippen LogP contribution in [0.4, 0.5) is 0 Å². The molecule has 4 rings (SSSR count). The van der Waals surface area contributed by atoms with E-state index in [1.807, 2.05) is 36.4 Å². The van der Waals surface area contributed by atoms with Crippen molar-refractivity contribution in [2.75, 3.05) is 13.6 Å². The Balaban J connectivity index is 1.43. The van der Waals surface area contributed by atoms with E-state index in [2.05, 4.69) is 0 Å². The Morgan fingerprint density at radius 3 is 1.68 bits per heavy atom. The predicted molar refractivity (Wildman–Crippen MR) is 80.7 cm³/mol. The van der Waals surface area contributed by atoms with Crippen LogP contribution in [0.2, 0.25) is 0 Å². The van der Waals surface area contributed by atoms with Crippen LogP contribution in [-0.4, -0.2) is 18.1 Å². The van der Waals surface area contributed by atoms with Gasteiger partial charge in [-0.15, -0.1) is 0 Å². The predicted octanol–water partition coefficient (Wildman–Crippen LogP) is 2.59. The maximum atomic E-state index is 12.3. The molecule has 114 valence electrons. The molecule has 0 aliphatic carbocycles. The molecule has 0 atom stereocenters. The van der Waals surface area contributed by atoms with Crippen molar-refractivity contribution in [1.82, 2.24) is 0 Å². The molecular weight excluding hydrogens is 304 g/mol. The van der Waals surface area contributed by atoms with E-state index in [1.54, 1.807) is 0 Å². The number of hydrogen-bond donors (Lipinski definition) is 0. The highest BCUT2D eigenvalue weighted by Gasteiger charge is 2.18. The van der Waals surface area contributed by atoms with Crippen molar-refractivity contribution >= 4 is 11.2 Å². The Hall–Kier alpha value is -2.05. The quantitative estimate of drug-likeness (QED) is 0.811. The molecule has 2 aliphatic heterocycles. The lowest BCUT2D eigenvalue weighted by atomic mass is 10.2. The summed E-state index contributed by atoms with van der Waals surface area (Å²) < 4.78 is 33.6. The van der Waals surface area contributed by atoms with E-state index < -0.39 is 11.2 Å². The van der Waals surface area contributed by atoms with E-state index in [1.165, 1.54) is 0 Å². The molecule has 2 heterocycles. The minimum absolute atomic E-state index is 0.249. The van der Waals surface area contributed by atoms with Gasteiger partial charge in [-0.2, -0.15) is 0 Å². The first-order valence-electron chi connectivity index (χ1n) is 6.90. The molecule has 0 saturated carbocycles. The van der Waals surface area contributed by atoms with Gasteiger partial charge in [0, 0.05) is 11.1 Å². The lowest BCUT2D eigenvalue weighted by molar-refractivity contribution is 0.173. The standard InChI is InChI=1S/C16H14O5S/c17-22(7-11-1-3-13-15(5-11)20-9-18-13)8-12-2-4-14-16(6-12)21-10-19-14/h1-6H,7-10H2. The summed E-state index contributed by atoms with van der Waals surface area (Å²) in [4.78, 5) is 0. The first-order valence-corrected chi connectivity index (χ1v) is 8.39. The van der Waals surface area contributed by atoms with E-state index in [-0.39, 0.29) is 13.6 Å². The third-order valence-electron chi connectivity index (χ3n) is 3.53. The Morgan fingerprint density at radius 1 is 0.727 bits per heavy atom. The lowest BCUT2D eigenvalue weighted by Gasteiger charge is -2.12. The monoisotopic (exact) mass is 318 g/mol. The Kier molecular flexibility index (Phi) is 3.48. The van der Waals surface area contributed by atoms with Gasteiger partial charge in [0.25, 0.3) is 0 Å². The summed E-state index contributed by atoms with van der Waals surface area (Å²) >= 11 is -1.01. The molecule has 22 heavy (non-hydrogen) atoms. The minimum Gasteiger partial charge on any atom is -0.616 e. The molecule has 5 nitrogen and oxygen atoms in total. The molecule has 0 amide bonds. The zero-order valence-electron chi connectivity index (χ0n) is 11.7. The van der Waals surface area contributed by atoms with E-state index in [0.717, 1.165) is 34.1 Å². The van der Waals surface area contributed by atoms with Crippen molar-refractivity contribution in [3.63, 3.8) is 0 Å². The topological polar surface area (TPSA) is 60.0 Å². The normalized spacial score (nSPS) is 14.6. The maximum absolute atomic E-state index is 12.3. The number of ether oxygens (including phenoxy) is 4. The van der Waals surface area contributed by atoms with Crippen LogP contribution in [0.5, 0.6) is 23.0 Å². The van der Waals surface area contributed by atoms with Crippen molar-refractivity contribution in [2.45, 2.75) is 11.5 Å². The Bertz CT molecular complexity index is 643. The summed E-state index contributed by atoms with van der Waals surface area (Å²) in [7, 11) is 0. The van der Waals surface area contributed by atoms with Crippen LogP contribution in [0.25, 0.3) is 0 Å². The zero-order chi connectivity index (χ0) is 14.9. The zero-order valence-corrected chi connectivity index (χ0v) is 12.6. The smallest absolute Gasteiger partial charge is 0.231 e. The van der Waals surface area contributed by atoms with Gasteiger partial charge in [0.1, 0.15) is 11.5 Å². The second-order valence-corrected chi connectivity index (χ2v) is 6.56. The lowest BCUT2D eigenvalue weighted by Crippen LogP contribution is -2.07. The summed E-state index contributed by atoms with van der Waals surface area (Å²) in [5.41, 5.74) is 1.95. The molecule has 0 N–H and O–H groups in total. The molecule has 0 bridgehead atoms. The molecule has 0 spiro atoms. The summed E-state index contributed by atoms with van der Waals surface area (Å²) in [5.74, 6) is 3.88. The number of hydrogen-bond acceptors (Lipinski definition) is 5. The third kappa shape index (κ3) is 2.67. The maximum Gasteiger partial charge on any atom is 0.231 e. The first-order chi connectivity index (χ1) is 10.8. The van der Waals surface area contributed by atoms with Gasteiger partial charge in [0.15, 0.2) is 23.0 Å². The fraction of sp³-hybridized carbons (Fsp3) is 0.250. The highest BCUT2D eigenvalue weighted by Crippen LogP contribution is 2.34. The van der Waals surface area contributed by atoms with Crippen LogP contribution in [0.1, 0.15) is 11.1 Å². The van der Waals surface area contributed by atoms with E-state index in [4.69, 9.17) is 18.9 Å². The molecule has 6 heteroatoms. The second-order valence-electron chi connectivity index (χ2n) is 5.10. The number of fused-ring (bicyclic) bond motifs is 2. The van der Waals surface area contributed by atoms with Crippen molar-refractivity contribution in [1.29, 1.82) is 0 Å². The third-order valence-corrected chi connectivity index (χ3v) is 4.84. The highest BCUT2D eigenvalue weighted by molar-refractivity contribution is 7.89. The van der Waals surface area contributed by atoms with Crippen LogP contribution >= 0.6 is 0 Å². The fourth-order valence-electron chi connectivity index (χ4n) is 2.48. The van der Waals surface area contributed by atoms with Crippen LogP contribution in [0, 0.1) is 0 Å². The van der Waals surface area contributed by atoms with Gasteiger partial charge in [0.2, 0.25) is 13.6 Å². The van der Waals surface area contributed by atoms with Crippen LogP contribution < -0.4 is 18.9 Å². The van der Waals surface area contributed by atoms with Gasteiger partial charge >= 0.3 is 0 Å². The van der Waals surface area contributed by atoms with E-state index >= 15 is 0 Å². The van der Waals surface area contributed by atoms with Gasteiger partial charge in [-0.05, 0) is 35.4 Å². The van der Waals surface area contributed by atoms with Crippen molar-refractivity contribution in [3.05, 3.63) is 47.5 Å². The first kappa shape index (κ1) is 13.6. The van der Waals surface area contributed by atoms with Crippen LogP contribution in [0.3, 0.4) is 0 Å². The summed E-state index contributed by atoms with van der Waals surface area (Å²) in [6.07, 6.45) is 0. The molecule has 0 unspecified atom stereocenters. The summed E-state index contributed by atoms with van der Waals surface area (Å²) in [6.45, 7) is 0.498. The number of rotatable bonds is 4. The van der Waals surface area contributed by atoms with Crippen molar-refractivity contribution in [3.8, 4) is 23.0 Å². The largest absolute Gasteiger partial charge is 0.616 e. The molecule has 0 aromatic heterocycles. The SMILES string of the molecule is [O-][S+](Cc1ccc2c(c1)OCO2)Cc1ccc2c(c1)OCO2. The Labute approximate surface area is 130 Å². The molecule has 2 aliphatic rings. The van der Waals surface area contributed by atoms with Gasteiger partial charge in [-0.25, -0.2) is 0 Å². The summed E-state index contributed by atoms with van der Waals surface area (Å²) in [5, 5.41) is 0. The van der Waals surface area contributed by atoms with Gasteiger partial charge in [-0.3, -0.25) is 0 Å². The fourth-order valence-corrected chi connectivity index (χ4v) is 3.69. The molecule has 2 aromatic rings. The van der Waals surface area contributed by atoms with Crippen molar-refractivity contribution < 1.29 is 23.5 Å². The van der Waals surface area contributed by atoms with E-state index in [0.29, 0.717) is 11.5 Å². The summed E-state index contributed by atoms with van der Waals surface area (Å²) in [6, 6.07) is 11.3. The average Bonchev–Trinajstić information content (AvgIpc) is 3.14. The minimum atomic E-state index is -1.01. The average molecular weight is 318 g/mol. The van der Waals surface area contributed by atoms with E-state index in [9.17, 15) is 4.55 Å². The highest BCUT2D eigenvalue weighted by atomic mass is 32.2. The van der Waals surface area contributed by atoms with Crippen LogP contribution in [-0.2, 0) is 22.7 Å². The molecular formula is C16H14O5S. The second kappa shape index (κ2) is 5.62. The molecule has 0 fully saturated rings. The molecule has 2 aromatic carbocycles. The van der Waals surface area contributed by atoms with Crippen LogP contribution in [0.15, 0.2) is 36.4 Å². The van der Waals surface area contributed by atoms with Crippen molar-refractivity contribution in [2.24, 2.45) is 0 Å². The Morgan fingerprint density at radius 2 is 1.18 bits per heavy atom. The molecule has 0 saturated heterocycles.